The molecule has 0 aromatic heterocycles. The fourth-order valence-electron chi connectivity index (χ4n) is 2.29. The zero-order valence-corrected chi connectivity index (χ0v) is 17.4. The second kappa shape index (κ2) is 10.9. The number of nitrogens with one attached hydrogen (secondary N) is 2. The highest BCUT2D eigenvalue weighted by Crippen LogP contribution is 2.37. The Morgan fingerprint density at radius 3 is 2.19 bits per heavy atom. The van der Waals surface area contributed by atoms with E-state index in [1.807, 2.05) is 20.8 Å². The Bertz CT molecular complexity index is 644. The molecule has 0 aliphatic carbocycles. The maximum absolute atomic E-state index is 12.3. The van der Waals surface area contributed by atoms with E-state index >= 15 is 0 Å². The number of amides is 2. The Morgan fingerprint density at radius 1 is 1.00 bits per heavy atom. The van der Waals surface area contributed by atoms with Crippen molar-refractivity contribution in [1.82, 2.24) is 10.6 Å². The average Bonchev–Trinajstić information content (AvgIpc) is 2.58. The fourth-order valence-corrected chi connectivity index (χ4v) is 2.61. The van der Waals surface area contributed by atoms with Crippen molar-refractivity contribution in [1.29, 1.82) is 0 Å². The van der Waals surface area contributed by atoms with Crippen LogP contribution in [0.2, 0.25) is 5.02 Å². The molecule has 0 atom stereocenters. The molecule has 2 amide bonds. The molecule has 0 saturated carbocycles. The number of halogens is 1. The standard InChI is InChI=1S/C19H29ClN2O5/c1-19(2,3)27-18(24)22-12-8-6-7-11-21-17(23)13-9-10-14(25-4)16(26-5)15(13)20/h9-10H,6-8,11-12H2,1-5H3,(H,21,23)(H,22,24). The van der Waals surface area contributed by atoms with Crippen molar-refractivity contribution in [2.24, 2.45) is 0 Å². The van der Waals surface area contributed by atoms with Crippen LogP contribution in [0.25, 0.3) is 0 Å². The van der Waals surface area contributed by atoms with Crippen LogP contribution in [-0.4, -0.2) is 44.9 Å². The molecule has 1 rings (SSSR count). The van der Waals surface area contributed by atoms with Gasteiger partial charge in [-0.1, -0.05) is 11.6 Å². The van der Waals surface area contributed by atoms with E-state index in [9.17, 15) is 9.59 Å². The van der Waals surface area contributed by atoms with Gasteiger partial charge in [-0.2, -0.15) is 0 Å². The first kappa shape index (κ1) is 22.9. The second-order valence-corrected chi connectivity index (χ2v) is 7.29. The van der Waals surface area contributed by atoms with Crippen LogP contribution in [0, 0.1) is 0 Å². The van der Waals surface area contributed by atoms with Crippen LogP contribution in [0.15, 0.2) is 12.1 Å². The van der Waals surface area contributed by atoms with Crippen molar-refractivity contribution in [3.63, 3.8) is 0 Å². The topological polar surface area (TPSA) is 85.9 Å². The van der Waals surface area contributed by atoms with Gasteiger partial charge in [-0.15, -0.1) is 0 Å². The van der Waals surface area contributed by atoms with E-state index in [4.69, 9.17) is 25.8 Å². The highest BCUT2D eigenvalue weighted by Gasteiger charge is 2.18. The van der Waals surface area contributed by atoms with Gasteiger partial charge in [0.1, 0.15) is 5.60 Å². The largest absolute Gasteiger partial charge is 0.493 e. The van der Waals surface area contributed by atoms with Gasteiger partial charge in [0.05, 0.1) is 24.8 Å². The minimum atomic E-state index is -0.500. The Hall–Kier alpha value is -2.15. The third-order valence-electron chi connectivity index (χ3n) is 3.54. The van der Waals surface area contributed by atoms with Gasteiger partial charge in [-0.05, 0) is 52.2 Å². The molecule has 0 aliphatic rings. The molecule has 0 radical (unpaired) electrons. The molecule has 152 valence electrons. The predicted molar refractivity (Wildman–Crippen MR) is 105 cm³/mol. The minimum Gasteiger partial charge on any atom is -0.493 e. The van der Waals surface area contributed by atoms with Crippen molar-refractivity contribution in [2.45, 2.75) is 45.6 Å². The van der Waals surface area contributed by atoms with Crippen molar-refractivity contribution < 1.29 is 23.8 Å². The van der Waals surface area contributed by atoms with E-state index in [2.05, 4.69) is 10.6 Å². The molecule has 0 spiro atoms. The van der Waals surface area contributed by atoms with E-state index in [1.165, 1.54) is 14.2 Å². The Kier molecular flexibility index (Phi) is 9.21. The second-order valence-electron chi connectivity index (χ2n) is 6.91. The fraction of sp³-hybridized carbons (Fsp3) is 0.579. The predicted octanol–water partition coefficient (Wildman–Crippen LogP) is 3.78. The van der Waals surface area contributed by atoms with E-state index in [0.29, 0.717) is 30.2 Å². The average molecular weight is 401 g/mol. The van der Waals surface area contributed by atoms with Gasteiger partial charge >= 0.3 is 6.09 Å². The molecule has 8 heteroatoms. The third kappa shape index (κ3) is 7.95. The molecule has 0 unspecified atom stereocenters. The SMILES string of the molecule is COc1ccc(C(=O)NCCCCCNC(=O)OC(C)(C)C)c(Cl)c1OC. The summed E-state index contributed by atoms with van der Waals surface area (Å²) in [5.41, 5.74) is -0.166. The maximum Gasteiger partial charge on any atom is 0.407 e. The van der Waals surface area contributed by atoms with Gasteiger partial charge in [0.15, 0.2) is 11.5 Å². The lowest BCUT2D eigenvalue weighted by Gasteiger charge is -2.19. The normalized spacial score (nSPS) is 10.9. The molecule has 0 bridgehead atoms. The summed E-state index contributed by atoms with van der Waals surface area (Å²) in [6, 6.07) is 3.24. The van der Waals surface area contributed by atoms with Gasteiger partial charge in [0, 0.05) is 13.1 Å². The summed E-state index contributed by atoms with van der Waals surface area (Å²) in [6.45, 7) is 6.50. The maximum atomic E-state index is 12.3. The molecular weight excluding hydrogens is 372 g/mol. The van der Waals surface area contributed by atoms with E-state index in [1.54, 1.807) is 12.1 Å². The lowest BCUT2D eigenvalue weighted by atomic mass is 10.1. The number of methoxy groups -OCH3 is 2. The number of alkyl carbamates (subject to hydrolysis) is 1. The van der Waals surface area contributed by atoms with Crippen LogP contribution in [0.1, 0.15) is 50.4 Å². The number of benzene rings is 1. The van der Waals surface area contributed by atoms with E-state index in [0.717, 1.165) is 19.3 Å². The van der Waals surface area contributed by atoms with Crippen LogP contribution in [-0.2, 0) is 4.74 Å². The summed E-state index contributed by atoms with van der Waals surface area (Å²) < 4.78 is 15.5. The Labute approximate surface area is 165 Å². The van der Waals surface area contributed by atoms with Gasteiger partial charge in [-0.3, -0.25) is 4.79 Å². The summed E-state index contributed by atoms with van der Waals surface area (Å²) >= 11 is 6.23. The molecular formula is C19H29ClN2O5. The zero-order valence-electron chi connectivity index (χ0n) is 16.6. The number of rotatable bonds is 9. The third-order valence-corrected chi connectivity index (χ3v) is 3.91. The Morgan fingerprint density at radius 2 is 1.63 bits per heavy atom. The highest BCUT2D eigenvalue weighted by molar-refractivity contribution is 6.35. The van der Waals surface area contributed by atoms with Crippen molar-refractivity contribution in [3.05, 3.63) is 22.7 Å². The van der Waals surface area contributed by atoms with Crippen molar-refractivity contribution >= 4 is 23.6 Å². The summed E-state index contributed by atoms with van der Waals surface area (Å²) in [5, 5.41) is 5.75. The Balaban J connectivity index is 2.31. The molecule has 27 heavy (non-hydrogen) atoms. The number of carbonyl (C=O) groups is 2. The monoisotopic (exact) mass is 400 g/mol. The molecule has 2 N–H and O–H groups in total. The highest BCUT2D eigenvalue weighted by atomic mass is 35.5. The van der Waals surface area contributed by atoms with Crippen LogP contribution < -0.4 is 20.1 Å². The van der Waals surface area contributed by atoms with E-state index in [-0.39, 0.29) is 10.9 Å². The molecule has 0 heterocycles. The van der Waals surface area contributed by atoms with Gasteiger partial charge in [-0.25, -0.2) is 4.79 Å². The zero-order chi connectivity index (χ0) is 20.4. The summed E-state index contributed by atoms with van der Waals surface area (Å²) in [5.74, 6) is 0.532. The number of ether oxygens (including phenoxy) is 3. The van der Waals surface area contributed by atoms with Crippen LogP contribution in [0.4, 0.5) is 4.79 Å². The van der Waals surface area contributed by atoms with Gasteiger partial charge < -0.3 is 24.8 Å². The van der Waals surface area contributed by atoms with Crippen molar-refractivity contribution in [3.8, 4) is 11.5 Å². The van der Waals surface area contributed by atoms with Crippen LogP contribution in [0.3, 0.4) is 0 Å². The summed E-state index contributed by atoms with van der Waals surface area (Å²) in [7, 11) is 2.97. The molecule has 7 nitrogen and oxygen atoms in total. The lowest BCUT2D eigenvalue weighted by molar-refractivity contribution is 0.0527. The van der Waals surface area contributed by atoms with Crippen LogP contribution >= 0.6 is 11.6 Å². The minimum absolute atomic E-state index is 0.218. The first-order valence-electron chi connectivity index (χ1n) is 8.85. The molecule has 1 aromatic rings. The van der Waals surface area contributed by atoms with Crippen LogP contribution in [0.5, 0.6) is 11.5 Å². The van der Waals surface area contributed by atoms with E-state index < -0.39 is 11.7 Å². The molecule has 0 saturated heterocycles. The number of hydrogen-bond donors (Lipinski definition) is 2. The number of unbranched alkanes of at least 4 members (excludes halogenated alkanes) is 2. The first-order valence-corrected chi connectivity index (χ1v) is 9.23. The smallest absolute Gasteiger partial charge is 0.407 e. The van der Waals surface area contributed by atoms with Crippen molar-refractivity contribution in [2.75, 3.05) is 27.3 Å². The van der Waals surface area contributed by atoms with Gasteiger partial charge in [0.25, 0.3) is 5.91 Å². The number of carbonyl (C=O) groups excluding carboxylic acids is 2. The first-order chi connectivity index (χ1) is 12.7. The number of hydrogen-bond acceptors (Lipinski definition) is 5. The summed E-state index contributed by atoms with van der Waals surface area (Å²) in [4.78, 5) is 23.8. The quantitative estimate of drug-likeness (QED) is 0.616. The molecule has 0 aliphatic heterocycles. The van der Waals surface area contributed by atoms with Gasteiger partial charge in [0.2, 0.25) is 0 Å². The summed E-state index contributed by atoms with van der Waals surface area (Å²) in [6.07, 6.45) is 2.02. The lowest BCUT2D eigenvalue weighted by Crippen LogP contribution is -2.33. The molecule has 1 aromatic carbocycles. The molecule has 0 fully saturated rings.